The maximum atomic E-state index is 9.70. The number of aromatic nitrogens is 1. The summed E-state index contributed by atoms with van der Waals surface area (Å²) >= 11 is 0. The number of nitrogens with one attached hydrogen (secondary N) is 1. The zero-order valence-corrected chi connectivity index (χ0v) is 10.6. The van der Waals surface area contributed by atoms with Gasteiger partial charge in [0.1, 0.15) is 5.75 Å². The summed E-state index contributed by atoms with van der Waals surface area (Å²) in [5.41, 5.74) is 3.18. The summed E-state index contributed by atoms with van der Waals surface area (Å²) in [4.78, 5) is 4.27. The fourth-order valence-corrected chi connectivity index (χ4v) is 1.84. The standard InChI is InChI=1S/C15H18N2O/c1-12-5-6-15(18)13(10-12)11-16-9-7-14-4-2-3-8-17-14/h2-6,8,10,16,18H,7,9,11H2,1H3. The third kappa shape index (κ3) is 3.57. The van der Waals surface area contributed by atoms with E-state index in [9.17, 15) is 5.11 Å². The van der Waals surface area contributed by atoms with E-state index in [0.717, 1.165) is 29.8 Å². The van der Waals surface area contributed by atoms with Crippen LogP contribution in [0.4, 0.5) is 0 Å². The molecule has 2 aromatic rings. The number of aryl methyl sites for hydroxylation is 1. The summed E-state index contributed by atoms with van der Waals surface area (Å²) in [5, 5.41) is 13.0. The van der Waals surface area contributed by atoms with Gasteiger partial charge in [0.25, 0.3) is 0 Å². The molecule has 0 amide bonds. The Morgan fingerprint density at radius 1 is 1.22 bits per heavy atom. The van der Waals surface area contributed by atoms with Crippen molar-refractivity contribution in [1.82, 2.24) is 10.3 Å². The summed E-state index contributed by atoms with van der Waals surface area (Å²) in [7, 11) is 0. The molecule has 0 aliphatic carbocycles. The first kappa shape index (κ1) is 12.6. The van der Waals surface area contributed by atoms with Gasteiger partial charge >= 0.3 is 0 Å². The van der Waals surface area contributed by atoms with E-state index >= 15 is 0 Å². The van der Waals surface area contributed by atoms with Crippen molar-refractivity contribution in [2.45, 2.75) is 19.9 Å². The minimum absolute atomic E-state index is 0.353. The van der Waals surface area contributed by atoms with Crippen LogP contribution in [0.15, 0.2) is 42.6 Å². The SMILES string of the molecule is Cc1ccc(O)c(CNCCc2ccccn2)c1. The summed E-state index contributed by atoms with van der Waals surface area (Å²) in [6, 6.07) is 11.6. The number of nitrogens with zero attached hydrogens (tertiary/aromatic N) is 1. The highest BCUT2D eigenvalue weighted by Gasteiger charge is 2.00. The van der Waals surface area contributed by atoms with Crippen molar-refractivity contribution >= 4 is 0 Å². The molecule has 18 heavy (non-hydrogen) atoms. The number of hydrogen-bond acceptors (Lipinski definition) is 3. The van der Waals surface area contributed by atoms with E-state index in [2.05, 4.69) is 10.3 Å². The maximum absolute atomic E-state index is 9.70. The fourth-order valence-electron chi connectivity index (χ4n) is 1.84. The second-order valence-electron chi connectivity index (χ2n) is 4.38. The zero-order chi connectivity index (χ0) is 12.8. The van der Waals surface area contributed by atoms with Crippen molar-refractivity contribution in [2.75, 3.05) is 6.54 Å². The maximum Gasteiger partial charge on any atom is 0.120 e. The Morgan fingerprint density at radius 3 is 2.89 bits per heavy atom. The molecule has 3 nitrogen and oxygen atoms in total. The molecule has 2 N–H and O–H groups in total. The van der Waals surface area contributed by atoms with Gasteiger partial charge in [-0.3, -0.25) is 4.98 Å². The van der Waals surface area contributed by atoms with Crippen molar-refractivity contribution in [3.8, 4) is 5.75 Å². The van der Waals surface area contributed by atoms with Crippen LogP contribution in [-0.4, -0.2) is 16.6 Å². The Balaban J connectivity index is 1.80. The Bertz CT molecular complexity index is 497. The van der Waals surface area contributed by atoms with Crippen LogP contribution in [-0.2, 0) is 13.0 Å². The van der Waals surface area contributed by atoms with Gasteiger partial charge in [0, 0.05) is 37.0 Å². The Morgan fingerprint density at radius 2 is 2.11 bits per heavy atom. The summed E-state index contributed by atoms with van der Waals surface area (Å²) < 4.78 is 0. The molecular weight excluding hydrogens is 224 g/mol. The molecule has 1 aromatic heterocycles. The molecule has 0 bridgehead atoms. The molecule has 0 spiro atoms. The van der Waals surface area contributed by atoms with E-state index in [4.69, 9.17) is 0 Å². The molecule has 2 rings (SSSR count). The molecule has 3 heteroatoms. The van der Waals surface area contributed by atoms with Gasteiger partial charge < -0.3 is 10.4 Å². The van der Waals surface area contributed by atoms with E-state index in [0.29, 0.717) is 12.3 Å². The molecule has 0 aliphatic heterocycles. The first-order valence-electron chi connectivity index (χ1n) is 6.15. The number of benzene rings is 1. The lowest BCUT2D eigenvalue weighted by Gasteiger charge is -2.07. The highest BCUT2D eigenvalue weighted by Crippen LogP contribution is 2.17. The van der Waals surface area contributed by atoms with E-state index in [-0.39, 0.29) is 0 Å². The molecule has 0 saturated carbocycles. The van der Waals surface area contributed by atoms with Gasteiger partial charge in [0.15, 0.2) is 0 Å². The van der Waals surface area contributed by atoms with Crippen LogP contribution in [0.5, 0.6) is 5.75 Å². The van der Waals surface area contributed by atoms with E-state index < -0.39 is 0 Å². The third-order valence-electron chi connectivity index (χ3n) is 2.83. The first-order chi connectivity index (χ1) is 8.75. The van der Waals surface area contributed by atoms with Crippen LogP contribution in [0.1, 0.15) is 16.8 Å². The lowest BCUT2D eigenvalue weighted by molar-refractivity contribution is 0.464. The minimum atomic E-state index is 0.353. The van der Waals surface area contributed by atoms with Crippen LogP contribution in [0.3, 0.4) is 0 Å². The predicted molar refractivity (Wildman–Crippen MR) is 72.5 cm³/mol. The fraction of sp³-hybridized carbons (Fsp3) is 0.267. The molecule has 0 fully saturated rings. The monoisotopic (exact) mass is 242 g/mol. The Labute approximate surface area is 108 Å². The number of phenolic OH excluding ortho intramolecular Hbond substituents is 1. The molecule has 0 radical (unpaired) electrons. The van der Waals surface area contributed by atoms with Crippen molar-refractivity contribution in [2.24, 2.45) is 0 Å². The van der Waals surface area contributed by atoms with Crippen LogP contribution >= 0.6 is 0 Å². The van der Waals surface area contributed by atoms with Gasteiger partial charge in [0.05, 0.1) is 0 Å². The Kier molecular flexibility index (Phi) is 4.31. The van der Waals surface area contributed by atoms with E-state index in [1.165, 1.54) is 0 Å². The van der Waals surface area contributed by atoms with E-state index in [1.54, 1.807) is 6.07 Å². The number of phenols is 1. The molecule has 1 heterocycles. The topological polar surface area (TPSA) is 45.1 Å². The second-order valence-corrected chi connectivity index (χ2v) is 4.38. The average molecular weight is 242 g/mol. The van der Waals surface area contributed by atoms with Crippen LogP contribution in [0.2, 0.25) is 0 Å². The number of aromatic hydroxyl groups is 1. The smallest absolute Gasteiger partial charge is 0.120 e. The van der Waals surface area contributed by atoms with Gasteiger partial charge in [-0.05, 0) is 25.1 Å². The van der Waals surface area contributed by atoms with Crippen molar-refractivity contribution < 1.29 is 5.11 Å². The average Bonchev–Trinajstić information content (AvgIpc) is 2.40. The third-order valence-corrected chi connectivity index (χ3v) is 2.83. The zero-order valence-electron chi connectivity index (χ0n) is 10.6. The van der Waals surface area contributed by atoms with Crippen molar-refractivity contribution in [3.05, 3.63) is 59.4 Å². The van der Waals surface area contributed by atoms with Crippen LogP contribution in [0, 0.1) is 6.92 Å². The van der Waals surface area contributed by atoms with Crippen molar-refractivity contribution in [1.29, 1.82) is 0 Å². The molecule has 0 saturated heterocycles. The van der Waals surface area contributed by atoms with Crippen LogP contribution in [0.25, 0.3) is 0 Å². The summed E-state index contributed by atoms with van der Waals surface area (Å²) in [6.07, 6.45) is 2.70. The molecule has 1 aromatic carbocycles. The highest BCUT2D eigenvalue weighted by molar-refractivity contribution is 5.35. The predicted octanol–water partition coefficient (Wildman–Crippen LogP) is 2.43. The van der Waals surface area contributed by atoms with Gasteiger partial charge in [-0.25, -0.2) is 0 Å². The molecule has 0 aliphatic rings. The largest absolute Gasteiger partial charge is 0.508 e. The molecule has 0 unspecified atom stereocenters. The second kappa shape index (κ2) is 6.17. The number of pyridine rings is 1. The van der Waals surface area contributed by atoms with Gasteiger partial charge in [0.2, 0.25) is 0 Å². The summed E-state index contributed by atoms with van der Waals surface area (Å²) in [5.74, 6) is 0.353. The quantitative estimate of drug-likeness (QED) is 0.791. The van der Waals surface area contributed by atoms with Crippen LogP contribution < -0.4 is 5.32 Å². The Hall–Kier alpha value is -1.87. The molecule has 94 valence electrons. The normalized spacial score (nSPS) is 10.5. The lowest BCUT2D eigenvalue weighted by Crippen LogP contribution is -2.17. The van der Waals surface area contributed by atoms with Gasteiger partial charge in [-0.15, -0.1) is 0 Å². The minimum Gasteiger partial charge on any atom is -0.508 e. The molecular formula is C15H18N2O. The van der Waals surface area contributed by atoms with E-state index in [1.807, 2.05) is 43.5 Å². The van der Waals surface area contributed by atoms with Gasteiger partial charge in [-0.1, -0.05) is 23.8 Å². The lowest BCUT2D eigenvalue weighted by atomic mass is 10.1. The number of hydrogen-bond donors (Lipinski definition) is 2. The van der Waals surface area contributed by atoms with Gasteiger partial charge in [-0.2, -0.15) is 0 Å². The number of rotatable bonds is 5. The molecule has 0 atom stereocenters. The highest BCUT2D eigenvalue weighted by atomic mass is 16.3. The summed E-state index contributed by atoms with van der Waals surface area (Å²) in [6.45, 7) is 3.56. The van der Waals surface area contributed by atoms with Crippen molar-refractivity contribution in [3.63, 3.8) is 0 Å². The first-order valence-corrected chi connectivity index (χ1v) is 6.15.